The number of nitrogens with zero attached hydrogens (tertiary/aromatic N) is 4. The van der Waals surface area contributed by atoms with Gasteiger partial charge in [0.25, 0.3) is 5.95 Å². The molecule has 1 saturated heterocycles. The lowest BCUT2D eigenvalue weighted by Gasteiger charge is -2.25. The minimum atomic E-state index is -0.347. The van der Waals surface area contributed by atoms with Gasteiger partial charge in [-0.25, -0.2) is 9.58 Å². The molecule has 156 valence electrons. The predicted octanol–water partition coefficient (Wildman–Crippen LogP) is 3.76. The van der Waals surface area contributed by atoms with Gasteiger partial charge in [0, 0.05) is 28.6 Å². The third-order valence-corrected chi connectivity index (χ3v) is 5.85. The number of para-hydroxylation sites is 1. The van der Waals surface area contributed by atoms with E-state index in [1.165, 1.54) is 0 Å². The lowest BCUT2D eigenvalue weighted by Crippen LogP contribution is -2.29. The number of anilines is 2. The number of fused-ring (bicyclic) bond motifs is 1. The Morgan fingerprint density at radius 1 is 1.06 bits per heavy atom. The highest BCUT2D eigenvalue weighted by Gasteiger charge is 2.36. The summed E-state index contributed by atoms with van der Waals surface area (Å²) in [4.78, 5) is 30.0. The number of hydrogen-bond donors (Lipinski definition) is 1. The molecule has 0 radical (unpaired) electrons. The summed E-state index contributed by atoms with van der Waals surface area (Å²) in [5.41, 5.74) is 2.69. The van der Waals surface area contributed by atoms with Gasteiger partial charge in [-0.3, -0.25) is 9.59 Å². The number of amides is 2. The fraction of sp³-hybridized carbons (Fsp3) is 0.182. The SMILES string of the molecule is COc1ccccc1[C@H]1C=C(c2ccc(Br)cc2)Nc2nc(N3C(=O)CCC3=O)nn21. The van der Waals surface area contributed by atoms with Crippen molar-refractivity contribution in [2.24, 2.45) is 0 Å². The predicted molar refractivity (Wildman–Crippen MR) is 119 cm³/mol. The molecule has 1 fully saturated rings. The number of aromatic nitrogens is 3. The van der Waals surface area contributed by atoms with E-state index in [2.05, 4.69) is 31.3 Å². The summed E-state index contributed by atoms with van der Waals surface area (Å²) in [6.07, 6.45) is 2.38. The first-order valence-electron chi connectivity index (χ1n) is 9.75. The Balaban J connectivity index is 1.64. The Morgan fingerprint density at radius 2 is 1.77 bits per heavy atom. The number of benzene rings is 2. The van der Waals surface area contributed by atoms with E-state index in [0.29, 0.717) is 11.7 Å². The van der Waals surface area contributed by atoms with Gasteiger partial charge in [0.2, 0.25) is 17.8 Å². The fourth-order valence-corrected chi connectivity index (χ4v) is 4.07. The van der Waals surface area contributed by atoms with Crippen LogP contribution in [0.1, 0.15) is 30.0 Å². The molecule has 2 aromatic carbocycles. The van der Waals surface area contributed by atoms with E-state index in [-0.39, 0.29) is 36.6 Å². The molecule has 2 aliphatic heterocycles. The van der Waals surface area contributed by atoms with Crippen LogP contribution in [-0.4, -0.2) is 33.7 Å². The summed E-state index contributed by atoms with van der Waals surface area (Å²) in [6.45, 7) is 0. The van der Waals surface area contributed by atoms with E-state index in [4.69, 9.17) is 4.74 Å². The van der Waals surface area contributed by atoms with Gasteiger partial charge in [-0.1, -0.05) is 46.3 Å². The quantitative estimate of drug-likeness (QED) is 0.573. The molecule has 2 aliphatic rings. The summed E-state index contributed by atoms with van der Waals surface area (Å²) in [6, 6.07) is 15.2. The first kappa shape index (κ1) is 19.5. The van der Waals surface area contributed by atoms with Gasteiger partial charge in [-0.05, 0) is 29.8 Å². The first-order valence-corrected chi connectivity index (χ1v) is 10.5. The lowest BCUT2D eigenvalue weighted by molar-refractivity contribution is -0.121. The molecule has 0 saturated carbocycles. The van der Waals surface area contributed by atoms with Gasteiger partial charge in [-0.15, -0.1) is 5.10 Å². The molecule has 3 heterocycles. The molecule has 0 spiro atoms. The molecular formula is C22H18BrN5O3. The van der Waals surface area contributed by atoms with E-state index < -0.39 is 0 Å². The molecule has 9 heteroatoms. The highest BCUT2D eigenvalue weighted by Crippen LogP contribution is 2.37. The van der Waals surface area contributed by atoms with Gasteiger partial charge in [0.1, 0.15) is 11.8 Å². The minimum Gasteiger partial charge on any atom is -0.496 e. The van der Waals surface area contributed by atoms with Crippen molar-refractivity contribution in [3.8, 4) is 5.75 Å². The Bertz CT molecular complexity index is 1200. The summed E-state index contributed by atoms with van der Waals surface area (Å²) >= 11 is 3.46. The maximum atomic E-state index is 12.2. The number of nitrogens with one attached hydrogen (secondary N) is 1. The molecule has 0 bridgehead atoms. The minimum absolute atomic E-state index is 0.0837. The normalized spacial score (nSPS) is 17.9. The van der Waals surface area contributed by atoms with Crippen molar-refractivity contribution in [1.82, 2.24) is 14.8 Å². The largest absolute Gasteiger partial charge is 0.496 e. The van der Waals surface area contributed by atoms with Gasteiger partial charge in [-0.2, -0.15) is 4.98 Å². The second kappa shape index (κ2) is 7.66. The van der Waals surface area contributed by atoms with Crippen LogP contribution in [0.5, 0.6) is 5.75 Å². The zero-order chi connectivity index (χ0) is 21.5. The van der Waals surface area contributed by atoms with E-state index in [1.807, 2.05) is 54.6 Å². The molecule has 1 atom stereocenters. The maximum Gasteiger partial charge on any atom is 0.260 e. The molecule has 2 amide bonds. The Morgan fingerprint density at radius 3 is 2.48 bits per heavy atom. The second-order valence-corrected chi connectivity index (χ2v) is 8.12. The Hall–Kier alpha value is -3.46. The van der Waals surface area contributed by atoms with Crippen molar-refractivity contribution in [2.45, 2.75) is 18.9 Å². The van der Waals surface area contributed by atoms with Crippen LogP contribution >= 0.6 is 15.9 Å². The van der Waals surface area contributed by atoms with Crippen LogP contribution in [0.25, 0.3) is 5.70 Å². The topological polar surface area (TPSA) is 89.3 Å². The van der Waals surface area contributed by atoms with Crippen LogP contribution in [0.15, 0.2) is 59.1 Å². The number of imide groups is 1. The Kier molecular flexibility index (Phi) is 4.82. The third-order valence-electron chi connectivity index (χ3n) is 5.32. The van der Waals surface area contributed by atoms with E-state index in [1.54, 1.807) is 11.8 Å². The first-order chi connectivity index (χ1) is 15.0. The molecule has 8 nitrogen and oxygen atoms in total. The standard InChI is InChI=1S/C22H18BrN5O3/c1-31-18-5-3-2-4-15(18)17-12-16(13-6-8-14(23)9-7-13)24-21-25-22(26-28(17)21)27-19(29)10-11-20(27)30/h2-9,12,17H,10-11H2,1H3,(H,24,25,26)/t17-/m1/s1. The average Bonchev–Trinajstić information content (AvgIpc) is 3.35. The highest BCUT2D eigenvalue weighted by atomic mass is 79.9. The zero-order valence-electron chi connectivity index (χ0n) is 16.6. The molecule has 5 rings (SSSR count). The van der Waals surface area contributed by atoms with Gasteiger partial charge >= 0.3 is 0 Å². The number of carbonyl (C=O) groups is 2. The van der Waals surface area contributed by atoms with Gasteiger partial charge < -0.3 is 10.1 Å². The molecule has 3 aromatic rings. The summed E-state index contributed by atoms with van der Waals surface area (Å²) in [7, 11) is 1.62. The van der Waals surface area contributed by atoms with Crippen LogP contribution in [0.2, 0.25) is 0 Å². The van der Waals surface area contributed by atoms with Crippen molar-refractivity contribution < 1.29 is 14.3 Å². The molecule has 1 N–H and O–H groups in total. The van der Waals surface area contributed by atoms with Crippen molar-refractivity contribution in [3.05, 3.63) is 70.2 Å². The molecule has 0 unspecified atom stereocenters. The zero-order valence-corrected chi connectivity index (χ0v) is 18.2. The van der Waals surface area contributed by atoms with Gasteiger partial charge in [0.15, 0.2) is 0 Å². The van der Waals surface area contributed by atoms with E-state index >= 15 is 0 Å². The number of methoxy groups -OCH3 is 1. The molecule has 1 aromatic heterocycles. The average molecular weight is 480 g/mol. The number of carbonyl (C=O) groups excluding carboxylic acids is 2. The van der Waals surface area contributed by atoms with Crippen molar-refractivity contribution >= 4 is 45.3 Å². The van der Waals surface area contributed by atoms with Crippen LogP contribution in [0.4, 0.5) is 11.9 Å². The van der Waals surface area contributed by atoms with E-state index in [9.17, 15) is 9.59 Å². The summed E-state index contributed by atoms with van der Waals surface area (Å²) < 4.78 is 8.23. The summed E-state index contributed by atoms with van der Waals surface area (Å²) in [5, 5.41) is 7.82. The van der Waals surface area contributed by atoms with Crippen LogP contribution < -0.4 is 15.0 Å². The number of hydrogen-bond acceptors (Lipinski definition) is 6. The molecule has 31 heavy (non-hydrogen) atoms. The van der Waals surface area contributed by atoms with Gasteiger partial charge in [0.05, 0.1) is 7.11 Å². The Labute approximate surface area is 186 Å². The molecular weight excluding hydrogens is 462 g/mol. The smallest absolute Gasteiger partial charge is 0.260 e. The van der Waals surface area contributed by atoms with Crippen LogP contribution in [0, 0.1) is 0 Å². The maximum absolute atomic E-state index is 12.2. The molecule has 0 aliphatic carbocycles. The van der Waals surface area contributed by atoms with Crippen molar-refractivity contribution in [2.75, 3.05) is 17.3 Å². The van der Waals surface area contributed by atoms with E-state index in [0.717, 1.165) is 26.2 Å². The number of ether oxygens (including phenoxy) is 1. The highest BCUT2D eigenvalue weighted by molar-refractivity contribution is 9.10. The fourth-order valence-electron chi connectivity index (χ4n) is 3.81. The van der Waals surface area contributed by atoms with Crippen LogP contribution in [-0.2, 0) is 9.59 Å². The second-order valence-electron chi connectivity index (χ2n) is 7.20. The monoisotopic (exact) mass is 479 g/mol. The van der Waals surface area contributed by atoms with Crippen molar-refractivity contribution in [3.63, 3.8) is 0 Å². The third kappa shape index (κ3) is 3.40. The number of allylic oxidation sites excluding steroid dienone is 1. The number of halogens is 1. The number of rotatable bonds is 4. The summed E-state index contributed by atoms with van der Waals surface area (Å²) in [5.74, 6) is 0.655. The van der Waals surface area contributed by atoms with Crippen molar-refractivity contribution in [1.29, 1.82) is 0 Å². The van der Waals surface area contributed by atoms with Crippen LogP contribution in [0.3, 0.4) is 0 Å². The lowest BCUT2D eigenvalue weighted by atomic mass is 10.0.